The summed E-state index contributed by atoms with van der Waals surface area (Å²) in [7, 11) is 0. The van der Waals surface area contributed by atoms with Crippen molar-refractivity contribution >= 4 is 12.0 Å². The van der Waals surface area contributed by atoms with Gasteiger partial charge in [0.2, 0.25) is 5.82 Å². The number of para-hydroxylation sites is 1. The lowest BCUT2D eigenvalue weighted by Gasteiger charge is -2.43. The zero-order chi connectivity index (χ0) is 21.2. The largest absolute Gasteiger partial charge is 0.488 e. The van der Waals surface area contributed by atoms with E-state index in [1.165, 1.54) is 0 Å². The van der Waals surface area contributed by atoms with Gasteiger partial charge in [-0.2, -0.15) is 4.98 Å². The van der Waals surface area contributed by atoms with Crippen molar-refractivity contribution < 1.29 is 14.8 Å². The molecule has 0 spiro atoms. The van der Waals surface area contributed by atoms with Gasteiger partial charge in [-0.05, 0) is 30.9 Å². The van der Waals surface area contributed by atoms with Crippen LogP contribution in [0, 0.1) is 11.3 Å². The van der Waals surface area contributed by atoms with Crippen LogP contribution in [0.2, 0.25) is 0 Å². The average Bonchev–Trinajstić information content (AvgIpc) is 3.59. The second-order valence-electron chi connectivity index (χ2n) is 8.80. The van der Waals surface area contributed by atoms with Gasteiger partial charge in [-0.1, -0.05) is 18.2 Å². The molecule has 0 amide bonds. The number of hydrogen-bond acceptors (Lipinski definition) is 6. The lowest BCUT2D eigenvalue weighted by molar-refractivity contribution is -0.619. The molecule has 3 aliphatic rings. The number of hydrogen-bond donors (Lipinski definition) is 3. The van der Waals surface area contributed by atoms with E-state index in [9.17, 15) is 4.79 Å². The molecule has 8 heteroatoms. The Balaban J connectivity index is 1.33. The van der Waals surface area contributed by atoms with Crippen LogP contribution in [0.25, 0.3) is 0 Å². The molecule has 2 aliphatic heterocycles. The van der Waals surface area contributed by atoms with Crippen molar-refractivity contribution in [3.8, 4) is 5.75 Å². The smallest absolute Gasteiger partial charge is 0.266 e. The molecule has 8 nitrogen and oxygen atoms in total. The highest BCUT2D eigenvalue weighted by Gasteiger charge is 2.44. The third-order valence-corrected chi connectivity index (χ3v) is 6.47. The topological polar surface area (TPSA) is 108 Å². The van der Waals surface area contributed by atoms with Crippen molar-refractivity contribution in [1.82, 2.24) is 14.9 Å². The molecule has 3 fully saturated rings. The molecule has 1 atom stereocenters. The van der Waals surface area contributed by atoms with Crippen LogP contribution in [-0.4, -0.2) is 59.5 Å². The van der Waals surface area contributed by atoms with E-state index in [-0.39, 0.29) is 17.7 Å². The molecule has 2 aromatic rings. The number of aromatic nitrogens is 2. The van der Waals surface area contributed by atoms with Crippen LogP contribution in [0.4, 0.5) is 5.82 Å². The highest BCUT2D eigenvalue weighted by molar-refractivity contribution is 5.80. The van der Waals surface area contributed by atoms with Gasteiger partial charge in [0.05, 0.1) is 25.3 Å². The summed E-state index contributed by atoms with van der Waals surface area (Å²) in [5, 5.41) is 9.80. The monoisotopic (exact) mass is 424 g/mol. The van der Waals surface area contributed by atoms with Gasteiger partial charge < -0.3 is 19.9 Å². The fourth-order valence-electron chi connectivity index (χ4n) is 4.60. The molecule has 164 valence electrons. The molecule has 1 aromatic carbocycles. The molecule has 4 N–H and O–H groups in total. The lowest BCUT2D eigenvalue weighted by Crippen LogP contribution is -2.86. The van der Waals surface area contributed by atoms with E-state index in [0.29, 0.717) is 23.3 Å². The molecule has 0 bridgehead atoms. The van der Waals surface area contributed by atoms with Crippen molar-refractivity contribution in [2.75, 3.05) is 26.3 Å². The van der Waals surface area contributed by atoms with E-state index in [1.807, 2.05) is 30.3 Å². The van der Waals surface area contributed by atoms with E-state index in [1.54, 1.807) is 0 Å². The second kappa shape index (κ2) is 8.90. The Bertz CT molecular complexity index is 963. The SMILES string of the molecule is N=Cc1c([NH2+]C2CCOCC2)nc(C(C2CC2)N2CC(Oc3ccccc3)C2)[nH]c1=O. The highest BCUT2D eigenvalue weighted by Crippen LogP contribution is 2.45. The van der Waals surface area contributed by atoms with Gasteiger partial charge in [0.15, 0.2) is 0 Å². The minimum Gasteiger partial charge on any atom is -0.488 e. The summed E-state index contributed by atoms with van der Waals surface area (Å²) in [6.45, 7) is 3.12. The van der Waals surface area contributed by atoms with Crippen LogP contribution in [0.1, 0.15) is 43.1 Å². The van der Waals surface area contributed by atoms with E-state index in [0.717, 1.165) is 69.8 Å². The number of H-pyrrole nitrogens is 1. The molecule has 5 rings (SSSR count). The van der Waals surface area contributed by atoms with Gasteiger partial charge in [0, 0.05) is 32.1 Å². The van der Waals surface area contributed by atoms with Gasteiger partial charge in [-0.15, -0.1) is 0 Å². The molecule has 0 radical (unpaired) electrons. The summed E-state index contributed by atoms with van der Waals surface area (Å²) in [6.07, 6.45) is 5.45. The van der Waals surface area contributed by atoms with Crippen LogP contribution in [0.3, 0.4) is 0 Å². The van der Waals surface area contributed by atoms with Crippen LogP contribution < -0.4 is 15.6 Å². The summed E-state index contributed by atoms with van der Waals surface area (Å²) < 4.78 is 11.5. The Labute approximate surface area is 181 Å². The molecular weight excluding hydrogens is 394 g/mol. The van der Waals surface area contributed by atoms with Crippen molar-refractivity contribution in [2.24, 2.45) is 5.92 Å². The van der Waals surface area contributed by atoms with Crippen molar-refractivity contribution in [3.63, 3.8) is 0 Å². The summed E-state index contributed by atoms with van der Waals surface area (Å²) in [6, 6.07) is 10.3. The summed E-state index contributed by atoms with van der Waals surface area (Å²) in [4.78, 5) is 23.0. The first-order valence-electron chi connectivity index (χ1n) is 11.2. The Morgan fingerprint density at radius 1 is 1.19 bits per heavy atom. The maximum atomic E-state index is 12.8. The predicted molar refractivity (Wildman–Crippen MR) is 116 cm³/mol. The molecule has 1 saturated carbocycles. The van der Waals surface area contributed by atoms with Gasteiger partial charge in [-0.25, -0.2) is 0 Å². The average molecular weight is 425 g/mol. The zero-order valence-corrected chi connectivity index (χ0v) is 17.6. The number of rotatable bonds is 8. The Morgan fingerprint density at radius 3 is 2.61 bits per heavy atom. The first kappa shape index (κ1) is 20.4. The fourth-order valence-corrected chi connectivity index (χ4v) is 4.60. The Morgan fingerprint density at radius 2 is 1.94 bits per heavy atom. The van der Waals surface area contributed by atoms with Gasteiger partial charge >= 0.3 is 0 Å². The van der Waals surface area contributed by atoms with Crippen LogP contribution in [-0.2, 0) is 4.74 Å². The Kier molecular flexibility index (Phi) is 5.85. The van der Waals surface area contributed by atoms with Crippen molar-refractivity contribution in [3.05, 3.63) is 52.1 Å². The lowest BCUT2D eigenvalue weighted by atomic mass is 10.0. The normalized spacial score (nSPS) is 21.4. The maximum absolute atomic E-state index is 12.8. The summed E-state index contributed by atoms with van der Waals surface area (Å²) >= 11 is 0. The predicted octanol–water partition coefficient (Wildman–Crippen LogP) is 1.36. The second-order valence-corrected chi connectivity index (χ2v) is 8.80. The zero-order valence-electron chi connectivity index (χ0n) is 17.6. The molecule has 1 aliphatic carbocycles. The maximum Gasteiger partial charge on any atom is 0.266 e. The number of nitrogens with zero attached hydrogens (tertiary/aromatic N) is 2. The highest BCUT2D eigenvalue weighted by atomic mass is 16.5. The number of ether oxygens (including phenoxy) is 2. The van der Waals surface area contributed by atoms with Gasteiger partial charge in [0.1, 0.15) is 23.2 Å². The quantitative estimate of drug-likeness (QED) is 0.555. The molecule has 31 heavy (non-hydrogen) atoms. The molecule has 3 heterocycles. The summed E-state index contributed by atoms with van der Waals surface area (Å²) in [5.41, 5.74) is 0.125. The third kappa shape index (κ3) is 4.56. The van der Waals surface area contributed by atoms with E-state index >= 15 is 0 Å². The van der Waals surface area contributed by atoms with E-state index in [4.69, 9.17) is 19.9 Å². The van der Waals surface area contributed by atoms with E-state index < -0.39 is 0 Å². The first-order chi connectivity index (χ1) is 15.2. The van der Waals surface area contributed by atoms with Crippen molar-refractivity contribution in [1.29, 1.82) is 5.41 Å². The van der Waals surface area contributed by atoms with Crippen LogP contribution >= 0.6 is 0 Å². The molecule has 1 unspecified atom stereocenters. The van der Waals surface area contributed by atoms with Crippen LogP contribution in [0.5, 0.6) is 5.75 Å². The van der Waals surface area contributed by atoms with Gasteiger partial charge in [0.25, 0.3) is 5.56 Å². The van der Waals surface area contributed by atoms with Crippen molar-refractivity contribution in [2.45, 2.75) is 43.9 Å². The Hall–Kier alpha value is -2.55. The minimum atomic E-state index is -0.221. The van der Waals surface area contributed by atoms with Crippen LogP contribution in [0.15, 0.2) is 35.1 Å². The van der Waals surface area contributed by atoms with E-state index in [2.05, 4.69) is 15.2 Å². The summed E-state index contributed by atoms with van der Waals surface area (Å²) in [5.74, 6) is 2.78. The number of nitrogens with two attached hydrogens (primary N) is 1. The number of aromatic amines is 1. The number of benzene rings is 1. The standard InChI is InChI=1S/C23H29N5O3/c24-12-19-21(25-16-8-10-30-11-9-16)26-22(27-23(19)29)20(15-6-7-15)28-13-18(14-28)31-17-4-2-1-3-5-17/h1-5,12,15-16,18,20,24H,6-11,13-14H2,(H2,25,26,27,29)/p+1. The van der Waals surface area contributed by atoms with Gasteiger partial charge in [-0.3, -0.25) is 15.0 Å². The first-order valence-corrected chi connectivity index (χ1v) is 11.2. The molecule has 2 saturated heterocycles. The number of nitrogens with one attached hydrogen (secondary N) is 2. The fraction of sp³-hybridized carbons (Fsp3) is 0.522. The third-order valence-electron chi connectivity index (χ3n) is 6.47. The number of likely N-dealkylation sites (tertiary alicyclic amines) is 1. The molecular formula is C23H30N5O3+. The molecule has 1 aromatic heterocycles. The number of quaternary nitrogens is 1. The minimum absolute atomic E-state index is 0.102.